The van der Waals surface area contributed by atoms with Crippen molar-refractivity contribution < 1.29 is 23.0 Å². The van der Waals surface area contributed by atoms with Crippen LogP contribution >= 0.6 is 0 Å². The fraction of sp³-hybridized carbons (Fsp3) is 0.500. The molecule has 0 saturated carbocycles. The van der Waals surface area contributed by atoms with Crippen molar-refractivity contribution in [3.8, 4) is 5.75 Å². The van der Waals surface area contributed by atoms with E-state index < -0.39 is 18.5 Å². The van der Waals surface area contributed by atoms with Gasteiger partial charge in [-0.05, 0) is 30.2 Å². The van der Waals surface area contributed by atoms with Gasteiger partial charge in [-0.1, -0.05) is 19.8 Å². The van der Waals surface area contributed by atoms with Crippen molar-refractivity contribution in [3.05, 3.63) is 23.8 Å². The van der Waals surface area contributed by atoms with E-state index in [9.17, 15) is 13.6 Å². The molecule has 0 bridgehead atoms. The molecule has 0 aliphatic heterocycles. The molecule has 1 rings (SSSR count). The third kappa shape index (κ3) is 4.36. The summed E-state index contributed by atoms with van der Waals surface area (Å²) in [6.07, 6.45) is 2.26. The SMILES string of the molecule is CCCCC(C(=O)OC)c1cc(OC(F)F)ccc1N. The van der Waals surface area contributed by atoms with E-state index in [0.29, 0.717) is 17.7 Å². The number of unbranched alkanes of at least 4 members (excludes halogenated alkanes) is 1. The summed E-state index contributed by atoms with van der Waals surface area (Å²) in [5.41, 5.74) is 6.66. The molecule has 6 heteroatoms. The number of methoxy groups -OCH3 is 1. The van der Waals surface area contributed by atoms with Crippen molar-refractivity contribution in [3.63, 3.8) is 0 Å². The molecule has 1 aromatic carbocycles. The molecule has 20 heavy (non-hydrogen) atoms. The van der Waals surface area contributed by atoms with E-state index in [0.717, 1.165) is 12.8 Å². The zero-order chi connectivity index (χ0) is 15.1. The number of halogens is 2. The lowest BCUT2D eigenvalue weighted by Crippen LogP contribution is -2.16. The highest BCUT2D eigenvalue weighted by molar-refractivity contribution is 5.80. The van der Waals surface area contributed by atoms with Gasteiger partial charge < -0.3 is 15.2 Å². The van der Waals surface area contributed by atoms with Crippen LogP contribution in [0.2, 0.25) is 0 Å². The molecule has 4 nitrogen and oxygen atoms in total. The van der Waals surface area contributed by atoms with Crippen molar-refractivity contribution in [1.29, 1.82) is 0 Å². The summed E-state index contributed by atoms with van der Waals surface area (Å²) in [5, 5.41) is 0. The lowest BCUT2D eigenvalue weighted by atomic mass is 9.92. The molecule has 112 valence electrons. The number of rotatable bonds is 7. The van der Waals surface area contributed by atoms with Gasteiger partial charge in [-0.25, -0.2) is 0 Å². The normalized spacial score (nSPS) is 12.2. The van der Waals surface area contributed by atoms with Crippen LogP contribution in [0.5, 0.6) is 5.75 Å². The fourth-order valence-corrected chi connectivity index (χ4v) is 1.98. The Hall–Kier alpha value is -1.85. The Labute approximate surface area is 116 Å². The van der Waals surface area contributed by atoms with E-state index in [2.05, 4.69) is 4.74 Å². The largest absolute Gasteiger partial charge is 0.469 e. The Kier molecular flexibility index (Phi) is 6.21. The minimum Gasteiger partial charge on any atom is -0.469 e. The van der Waals surface area contributed by atoms with Crippen molar-refractivity contribution in [2.24, 2.45) is 0 Å². The molecule has 1 atom stereocenters. The number of nitrogen functional groups attached to an aromatic ring is 1. The maximum absolute atomic E-state index is 12.2. The van der Waals surface area contributed by atoms with Crippen LogP contribution in [0, 0.1) is 0 Å². The molecule has 0 aliphatic rings. The molecule has 0 aromatic heterocycles. The number of esters is 1. The summed E-state index contributed by atoms with van der Waals surface area (Å²) in [4.78, 5) is 11.8. The molecular weight excluding hydrogens is 268 g/mol. The molecule has 0 saturated heterocycles. The van der Waals surface area contributed by atoms with Gasteiger partial charge >= 0.3 is 12.6 Å². The summed E-state index contributed by atoms with van der Waals surface area (Å²) in [6.45, 7) is -0.924. The standard InChI is InChI=1S/C14H19F2NO3/c1-3-4-5-10(13(18)19-2)11-8-9(20-14(15)16)6-7-12(11)17/h6-8,10,14H,3-5,17H2,1-2H3. The van der Waals surface area contributed by atoms with Crippen LogP contribution in [0.1, 0.15) is 37.7 Å². The molecule has 0 aliphatic carbocycles. The number of benzene rings is 1. The Balaban J connectivity index is 3.06. The van der Waals surface area contributed by atoms with E-state index in [1.165, 1.54) is 25.3 Å². The lowest BCUT2D eigenvalue weighted by Gasteiger charge is -2.18. The Bertz CT molecular complexity index is 452. The first-order chi connectivity index (χ1) is 9.49. The van der Waals surface area contributed by atoms with Gasteiger partial charge in [0.2, 0.25) is 0 Å². The average Bonchev–Trinajstić information content (AvgIpc) is 2.41. The van der Waals surface area contributed by atoms with Crippen molar-refractivity contribution in [2.75, 3.05) is 12.8 Å². The summed E-state index contributed by atoms with van der Waals surface area (Å²) in [7, 11) is 1.29. The number of anilines is 1. The van der Waals surface area contributed by atoms with Gasteiger partial charge in [-0.15, -0.1) is 0 Å². The minimum atomic E-state index is -2.92. The lowest BCUT2D eigenvalue weighted by molar-refractivity contribution is -0.142. The average molecular weight is 287 g/mol. The van der Waals surface area contributed by atoms with Gasteiger partial charge in [0.05, 0.1) is 13.0 Å². The topological polar surface area (TPSA) is 61.5 Å². The first kappa shape index (κ1) is 16.2. The summed E-state index contributed by atoms with van der Waals surface area (Å²) < 4.78 is 33.6. The number of hydrogen-bond acceptors (Lipinski definition) is 4. The zero-order valence-electron chi connectivity index (χ0n) is 11.6. The van der Waals surface area contributed by atoms with Crippen LogP contribution in [0.25, 0.3) is 0 Å². The molecule has 2 N–H and O–H groups in total. The number of ether oxygens (including phenoxy) is 2. The number of carbonyl (C=O) groups excluding carboxylic acids is 1. The predicted molar refractivity (Wildman–Crippen MR) is 71.8 cm³/mol. The van der Waals surface area contributed by atoms with Gasteiger partial charge in [-0.3, -0.25) is 4.79 Å². The highest BCUT2D eigenvalue weighted by atomic mass is 19.3. The van der Waals surface area contributed by atoms with Gasteiger partial charge in [0.15, 0.2) is 0 Å². The van der Waals surface area contributed by atoms with Crippen molar-refractivity contribution in [1.82, 2.24) is 0 Å². The van der Waals surface area contributed by atoms with Crippen LogP contribution < -0.4 is 10.5 Å². The van der Waals surface area contributed by atoms with E-state index in [1.54, 1.807) is 0 Å². The Morgan fingerprint density at radius 1 is 1.40 bits per heavy atom. The van der Waals surface area contributed by atoms with Gasteiger partial charge in [0.25, 0.3) is 0 Å². The van der Waals surface area contributed by atoms with E-state index in [-0.39, 0.29) is 5.75 Å². The van der Waals surface area contributed by atoms with Crippen LogP contribution in [0.15, 0.2) is 18.2 Å². The molecular formula is C14H19F2NO3. The fourth-order valence-electron chi connectivity index (χ4n) is 1.98. The number of nitrogens with two attached hydrogens (primary N) is 1. The summed E-state index contributed by atoms with van der Waals surface area (Å²) >= 11 is 0. The van der Waals surface area contributed by atoms with E-state index in [1.807, 2.05) is 6.92 Å². The third-order valence-corrected chi connectivity index (χ3v) is 2.99. The highest BCUT2D eigenvalue weighted by Gasteiger charge is 2.24. The second kappa shape index (κ2) is 7.67. The quantitative estimate of drug-likeness (QED) is 0.617. The molecule has 1 unspecified atom stereocenters. The second-order valence-electron chi connectivity index (χ2n) is 4.39. The number of carbonyl (C=O) groups is 1. The molecule has 1 aromatic rings. The number of hydrogen-bond donors (Lipinski definition) is 1. The van der Waals surface area contributed by atoms with Gasteiger partial charge in [-0.2, -0.15) is 8.78 Å². The molecule has 0 heterocycles. The molecule has 0 fully saturated rings. The third-order valence-electron chi connectivity index (χ3n) is 2.99. The van der Waals surface area contributed by atoms with Gasteiger partial charge in [0, 0.05) is 5.69 Å². The first-order valence-electron chi connectivity index (χ1n) is 6.41. The smallest absolute Gasteiger partial charge is 0.387 e. The van der Waals surface area contributed by atoms with Crippen LogP contribution in [0.4, 0.5) is 14.5 Å². The zero-order valence-corrected chi connectivity index (χ0v) is 11.6. The molecule has 0 radical (unpaired) electrons. The monoisotopic (exact) mass is 287 g/mol. The molecule has 0 amide bonds. The van der Waals surface area contributed by atoms with Crippen LogP contribution in [-0.2, 0) is 9.53 Å². The van der Waals surface area contributed by atoms with Crippen LogP contribution in [0.3, 0.4) is 0 Å². The van der Waals surface area contributed by atoms with Crippen molar-refractivity contribution in [2.45, 2.75) is 38.7 Å². The second-order valence-corrected chi connectivity index (χ2v) is 4.39. The summed E-state index contributed by atoms with van der Waals surface area (Å²) in [5.74, 6) is -1.02. The Morgan fingerprint density at radius 2 is 2.10 bits per heavy atom. The van der Waals surface area contributed by atoms with Crippen LogP contribution in [-0.4, -0.2) is 19.7 Å². The molecule has 0 spiro atoms. The van der Waals surface area contributed by atoms with Gasteiger partial charge in [0.1, 0.15) is 5.75 Å². The maximum Gasteiger partial charge on any atom is 0.387 e. The maximum atomic E-state index is 12.2. The van der Waals surface area contributed by atoms with Crippen molar-refractivity contribution >= 4 is 11.7 Å². The number of alkyl halides is 2. The van der Waals surface area contributed by atoms with E-state index >= 15 is 0 Å². The minimum absolute atomic E-state index is 0.0189. The predicted octanol–water partition coefficient (Wildman–Crippen LogP) is 3.32. The highest BCUT2D eigenvalue weighted by Crippen LogP contribution is 2.31. The first-order valence-corrected chi connectivity index (χ1v) is 6.41. The Morgan fingerprint density at radius 3 is 2.65 bits per heavy atom. The van der Waals surface area contributed by atoms with E-state index in [4.69, 9.17) is 10.5 Å². The summed E-state index contributed by atoms with van der Waals surface area (Å²) in [6, 6.07) is 4.17.